The fourth-order valence-corrected chi connectivity index (χ4v) is 2.12. The number of hydrogen-bond acceptors (Lipinski definition) is 4. The van der Waals surface area contributed by atoms with Crippen LogP contribution in [0.5, 0.6) is 5.75 Å². The summed E-state index contributed by atoms with van der Waals surface area (Å²) in [6, 6.07) is 5.93. The second kappa shape index (κ2) is 7.99. The Bertz CT molecular complexity index is 540. The van der Waals surface area contributed by atoms with Crippen molar-refractivity contribution in [1.82, 2.24) is 4.90 Å². The van der Waals surface area contributed by atoms with Crippen molar-refractivity contribution >= 4 is 11.9 Å². The third-order valence-electron chi connectivity index (χ3n) is 2.99. The van der Waals surface area contributed by atoms with Crippen LogP contribution in [0.3, 0.4) is 0 Å². The maximum Gasteiger partial charge on any atom is 0.326 e. The maximum atomic E-state index is 12.0. The molecule has 0 bridgehead atoms. The third-order valence-corrected chi connectivity index (χ3v) is 2.99. The minimum atomic E-state index is -0.549. The minimum Gasteiger partial charge on any atom is -0.493 e. The number of hydrogen-bond donors (Lipinski definition) is 0. The number of carbonyl (C=O) groups is 2. The van der Waals surface area contributed by atoms with Crippen molar-refractivity contribution in [2.75, 3.05) is 20.2 Å². The number of aryl methyl sites for hydroxylation is 2. The molecule has 23 heavy (non-hydrogen) atoms. The van der Waals surface area contributed by atoms with E-state index in [0.717, 1.165) is 16.9 Å². The zero-order chi connectivity index (χ0) is 17.6. The maximum absolute atomic E-state index is 12.0. The Balaban J connectivity index is 2.39. The van der Waals surface area contributed by atoms with Crippen molar-refractivity contribution in [2.24, 2.45) is 0 Å². The molecule has 1 aromatic carbocycles. The number of ether oxygens (including phenoxy) is 2. The van der Waals surface area contributed by atoms with E-state index in [9.17, 15) is 9.59 Å². The van der Waals surface area contributed by atoms with E-state index in [2.05, 4.69) is 6.07 Å². The van der Waals surface area contributed by atoms with Gasteiger partial charge in [0.25, 0.3) is 0 Å². The molecule has 0 aliphatic carbocycles. The number of nitrogens with zero attached hydrogens (tertiary/aromatic N) is 1. The number of rotatable bonds is 6. The lowest BCUT2D eigenvalue weighted by atomic mass is 10.1. The highest BCUT2D eigenvalue weighted by molar-refractivity contribution is 5.82. The van der Waals surface area contributed by atoms with Gasteiger partial charge in [0.1, 0.15) is 17.9 Å². The van der Waals surface area contributed by atoms with Gasteiger partial charge < -0.3 is 14.4 Å². The van der Waals surface area contributed by atoms with Gasteiger partial charge in [-0.1, -0.05) is 6.07 Å². The third kappa shape index (κ3) is 7.68. The first-order valence-electron chi connectivity index (χ1n) is 7.74. The van der Waals surface area contributed by atoms with Gasteiger partial charge in [-0.3, -0.25) is 9.59 Å². The topological polar surface area (TPSA) is 55.8 Å². The van der Waals surface area contributed by atoms with Crippen molar-refractivity contribution in [3.8, 4) is 5.75 Å². The SMILES string of the molecule is Cc1cc(C)cc(OCCC(=O)N(C)CC(=O)OC(C)(C)C)c1. The molecule has 0 aliphatic rings. The summed E-state index contributed by atoms with van der Waals surface area (Å²) < 4.78 is 10.8. The number of esters is 1. The largest absolute Gasteiger partial charge is 0.493 e. The summed E-state index contributed by atoms with van der Waals surface area (Å²) >= 11 is 0. The molecule has 0 N–H and O–H groups in total. The average Bonchev–Trinajstić information content (AvgIpc) is 2.34. The summed E-state index contributed by atoms with van der Waals surface area (Å²) in [5.41, 5.74) is 1.69. The summed E-state index contributed by atoms with van der Waals surface area (Å²) in [5.74, 6) is 0.189. The molecular weight excluding hydrogens is 294 g/mol. The highest BCUT2D eigenvalue weighted by atomic mass is 16.6. The highest BCUT2D eigenvalue weighted by Gasteiger charge is 2.19. The molecule has 1 rings (SSSR count). The lowest BCUT2D eigenvalue weighted by molar-refractivity contribution is -0.158. The molecule has 1 aromatic rings. The Morgan fingerprint density at radius 2 is 1.65 bits per heavy atom. The lowest BCUT2D eigenvalue weighted by Crippen LogP contribution is -2.36. The molecule has 0 saturated heterocycles. The van der Waals surface area contributed by atoms with Crippen molar-refractivity contribution in [3.05, 3.63) is 29.3 Å². The minimum absolute atomic E-state index is 0.0559. The molecule has 0 unspecified atom stereocenters. The van der Waals surface area contributed by atoms with Crippen LogP contribution < -0.4 is 4.74 Å². The zero-order valence-electron chi connectivity index (χ0n) is 14.9. The Hall–Kier alpha value is -2.04. The van der Waals surface area contributed by atoms with Gasteiger partial charge in [-0.25, -0.2) is 0 Å². The van der Waals surface area contributed by atoms with Crippen LogP contribution in [-0.4, -0.2) is 42.6 Å². The summed E-state index contributed by atoms with van der Waals surface area (Å²) in [7, 11) is 1.59. The normalized spacial score (nSPS) is 11.0. The first-order valence-corrected chi connectivity index (χ1v) is 7.74. The Labute approximate surface area is 138 Å². The number of carbonyl (C=O) groups excluding carboxylic acids is 2. The van der Waals surface area contributed by atoms with Crippen molar-refractivity contribution in [3.63, 3.8) is 0 Å². The molecule has 5 nitrogen and oxygen atoms in total. The van der Waals surface area contributed by atoms with Crippen LogP contribution in [0.1, 0.15) is 38.3 Å². The number of likely N-dealkylation sites (N-methyl/N-ethyl adjacent to an activating group) is 1. The second-order valence-corrected chi connectivity index (χ2v) is 6.76. The van der Waals surface area contributed by atoms with E-state index in [0.29, 0.717) is 0 Å². The Kier molecular flexibility index (Phi) is 6.61. The first kappa shape index (κ1) is 19.0. The molecule has 0 aromatic heterocycles. The van der Waals surface area contributed by atoms with Crippen LogP contribution in [0.25, 0.3) is 0 Å². The van der Waals surface area contributed by atoms with E-state index in [1.807, 2.05) is 26.0 Å². The van der Waals surface area contributed by atoms with Crippen LogP contribution in [0.4, 0.5) is 0 Å². The van der Waals surface area contributed by atoms with E-state index in [1.54, 1.807) is 27.8 Å². The summed E-state index contributed by atoms with van der Waals surface area (Å²) in [6.07, 6.45) is 0.215. The quantitative estimate of drug-likeness (QED) is 0.756. The van der Waals surface area contributed by atoms with Gasteiger partial charge in [0.05, 0.1) is 13.0 Å². The van der Waals surface area contributed by atoms with Crippen molar-refractivity contribution < 1.29 is 19.1 Å². The van der Waals surface area contributed by atoms with Gasteiger partial charge in [-0.05, 0) is 57.9 Å². The molecule has 1 amide bonds. The average molecular weight is 321 g/mol. The van der Waals surface area contributed by atoms with Gasteiger partial charge in [0.2, 0.25) is 5.91 Å². The predicted molar refractivity (Wildman–Crippen MR) is 89.5 cm³/mol. The number of amides is 1. The molecule has 0 radical (unpaired) electrons. The highest BCUT2D eigenvalue weighted by Crippen LogP contribution is 2.16. The van der Waals surface area contributed by atoms with Gasteiger partial charge in [0, 0.05) is 7.05 Å². The second-order valence-electron chi connectivity index (χ2n) is 6.76. The van der Waals surface area contributed by atoms with Crippen LogP contribution in [0.15, 0.2) is 18.2 Å². The molecule has 0 heterocycles. The smallest absolute Gasteiger partial charge is 0.326 e. The Morgan fingerprint density at radius 3 is 2.17 bits per heavy atom. The molecule has 0 aliphatic heterocycles. The van der Waals surface area contributed by atoms with Gasteiger partial charge >= 0.3 is 5.97 Å². The molecule has 0 atom stereocenters. The van der Waals surface area contributed by atoms with Gasteiger partial charge in [-0.15, -0.1) is 0 Å². The molecule has 0 spiro atoms. The lowest BCUT2D eigenvalue weighted by Gasteiger charge is -2.22. The van der Waals surface area contributed by atoms with Crippen molar-refractivity contribution in [1.29, 1.82) is 0 Å². The van der Waals surface area contributed by atoms with Crippen LogP contribution in [0, 0.1) is 13.8 Å². The van der Waals surface area contributed by atoms with E-state index in [4.69, 9.17) is 9.47 Å². The van der Waals surface area contributed by atoms with Gasteiger partial charge in [-0.2, -0.15) is 0 Å². The van der Waals surface area contributed by atoms with E-state index >= 15 is 0 Å². The predicted octanol–water partition coefficient (Wildman–Crippen LogP) is 2.87. The van der Waals surface area contributed by atoms with E-state index < -0.39 is 11.6 Å². The van der Waals surface area contributed by atoms with Crippen LogP contribution in [-0.2, 0) is 14.3 Å². The van der Waals surface area contributed by atoms with Crippen LogP contribution in [0.2, 0.25) is 0 Å². The molecule has 0 fully saturated rings. The summed E-state index contributed by atoms with van der Waals surface area (Å²) in [5, 5.41) is 0. The molecule has 128 valence electrons. The molecule has 5 heteroatoms. The van der Waals surface area contributed by atoms with Crippen LogP contribution >= 0.6 is 0 Å². The first-order chi connectivity index (χ1) is 10.6. The van der Waals surface area contributed by atoms with E-state index in [1.165, 1.54) is 4.90 Å². The number of benzene rings is 1. The summed E-state index contributed by atoms with van der Waals surface area (Å²) in [6.45, 7) is 9.61. The standard InChI is InChI=1S/C18H27NO4/c1-13-9-14(2)11-15(10-13)22-8-7-16(20)19(6)12-17(21)23-18(3,4)5/h9-11H,7-8,12H2,1-6H3. The zero-order valence-corrected chi connectivity index (χ0v) is 14.9. The molecular formula is C18H27NO4. The monoisotopic (exact) mass is 321 g/mol. The summed E-state index contributed by atoms with van der Waals surface area (Å²) in [4.78, 5) is 25.1. The molecule has 0 saturated carbocycles. The van der Waals surface area contributed by atoms with Gasteiger partial charge in [0.15, 0.2) is 0 Å². The fraction of sp³-hybridized carbons (Fsp3) is 0.556. The Morgan fingerprint density at radius 1 is 1.09 bits per heavy atom. The van der Waals surface area contributed by atoms with Crippen molar-refractivity contribution in [2.45, 2.75) is 46.6 Å². The fourth-order valence-electron chi connectivity index (χ4n) is 2.12. The van der Waals surface area contributed by atoms with E-state index in [-0.39, 0.29) is 25.5 Å².